The molecule has 0 rings (SSSR count). The Morgan fingerprint density at radius 2 is 2.25 bits per heavy atom. The SMILES string of the molecule is CC(CNCC(N)=O)C(N)=NO. The molecule has 0 aromatic rings. The maximum Gasteiger partial charge on any atom is 0.231 e. The van der Waals surface area contributed by atoms with Crippen LogP contribution in [0.5, 0.6) is 0 Å². The maximum atomic E-state index is 10.3. The topological polar surface area (TPSA) is 114 Å². The van der Waals surface area contributed by atoms with Crippen molar-refractivity contribution in [1.82, 2.24) is 5.32 Å². The highest BCUT2D eigenvalue weighted by Crippen LogP contribution is 1.90. The summed E-state index contributed by atoms with van der Waals surface area (Å²) in [5.41, 5.74) is 10.2. The second-order valence-electron chi connectivity index (χ2n) is 2.52. The van der Waals surface area contributed by atoms with Crippen molar-refractivity contribution in [3.8, 4) is 0 Å². The van der Waals surface area contributed by atoms with E-state index in [2.05, 4.69) is 10.5 Å². The Hall–Kier alpha value is -1.30. The smallest absolute Gasteiger partial charge is 0.231 e. The molecular formula is C6H14N4O2. The molecule has 0 aromatic heterocycles. The number of hydrogen-bond acceptors (Lipinski definition) is 4. The zero-order valence-electron chi connectivity index (χ0n) is 6.95. The summed E-state index contributed by atoms with van der Waals surface area (Å²) in [7, 11) is 0. The molecule has 1 atom stereocenters. The fraction of sp³-hybridized carbons (Fsp3) is 0.667. The Bertz CT molecular complexity index is 180. The molecule has 0 saturated heterocycles. The maximum absolute atomic E-state index is 10.3. The second kappa shape index (κ2) is 5.36. The monoisotopic (exact) mass is 174 g/mol. The van der Waals surface area contributed by atoms with E-state index >= 15 is 0 Å². The number of carbonyl (C=O) groups excluding carboxylic acids is 1. The Morgan fingerprint density at radius 1 is 1.67 bits per heavy atom. The predicted octanol–water partition coefficient (Wildman–Crippen LogP) is -1.56. The molecule has 1 amide bonds. The van der Waals surface area contributed by atoms with E-state index in [0.29, 0.717) is 6.54 Å². The van der Waals surface area contributed by atoms with Gasteiger partial charge in [0, 0.05) is 12.5 Å². The molecule has 0 spiro atoms. The highest BCUT2D eigenvalue weighted by atomic mass is 16.4. The van der Waals surface area contributed by atoms with Crippen molar-refractivity contribution in [1.29, 1.82) is 0 Å². The average Bonchev–Trinajstić information content (AvgIpc) is 2.02. The highest BCUT2D eigenvalue weighted by molar-refractivity contribution is 5.82. The molecule has 6 N–H and O–H groups in total. The number of hydrogen-bond donors (Lipinski definition) is 4. The van der Waals surface area contributed by atoms with Crippen molar-refractivity contribution >= 4 is 11.7 Å². The van der Waals surface area contributed by atoms with Gasteiger partial charge in [0.1, 0.15) is 5.84 Å². The number of oxime groups is 1. The van der Waals surface area contributed by atoms with Crippen LogP contribution in [0.3, 0.4) is 0 Å². The van der Waals surface area contributed by atoms with Gasteiger partial charge in [-0.1, -0.05) is 12.1 Å². The summed E-state index contributed by atoms with van der Waals surface area (Å²) in [6.45, 7) is 2.32. The van der Waals surface area contributed by atoms with Crippen LogP contribution in [0.1, 0.15) is 6.92 Å². The van der Waals surface area contributed by atoms with Crippen molar-refractivity contribution in [2.45, 2.75) is 6.92 Å². The molecule has 0 saturated carbocycles. The van der Waals surface area contributed by atoms with Crippen molar-refractivity contribution in [3.05, 3.63) is 0 Å². The normalized spacial score (nSPS) is 14.2. The Labute approximate surface area is 70.6 Å². The summed E-state index contributed by atoms with van der Waals surface area (Å²) in [5.74, 6) is -0.414. The number of primary amides is 1. The number of nitrogens with two attached hydrogens (primary N) is 2. The van der Waals surface area contributed by atoms with E-state index in [-0.39, 0.29) is 18.3 Å². The van der Waals surface area contributed by atoms with Crippen molar-refractivity contribution in [2.75, 3.05) is 13.1 Å². The van der Waals surface area contributed by atoms with E-state index in [4.69, 9.17) is 16.7 Å². The second-order valence-corrected chi connectivity index (χ2v) is 2.52. The third-order valence-electron chi connectivity index (χ3n) is 1.37. The molecule has 0 fully saturated rings. The zero-order chi connectivity index (χ0) is 9.56. The first-order chi connectivity index (χ1) is 5.57. The molecule has 12 heavy (non-hydrogen) atoms. The van der Waals surface area contributed by atoms with Crippen molar-refractivity contribution < 1.29 is 10.0 Å². The molecule has 0 aliphatic carbocycles. The van der Waals surface area contributed by atoms with Crippen LogP contribution in [-0.4, -0.2) is 30.0 Å². The van der Waals surface area contributed by atoms with E-state index in [1.165, 1.54) is 0 Å². The number of nitrogens with zero attached hydrogens (tertiary/aromatic N) is 1. The summed E-state index contributed by atoms with van der Waals surface area (Å²) >= 11 is 0. The third kappa shape index (κ3) is 4.51. The first-order valence-corrected chi connectivity index (χ1v) is 3.54. The summed E-state index contributed by atoms with van der Waals surface area (Å²) in [6.07, 6.45) is 0. The van der Waals surface area contributed by atoms with Gasteiger partial charge in [-0.2, -0.15) is 0 Å². The van der Waals surface area contributed by atoms with E-state index in [9.17, 15) is 4.79 Å². The standard InChI is InChI=1S/C6H14N4O2/c1-4(6(8)10-12)2-9-3-5(7)11/h4,9,12H,2-3H2,1H3,(H2,7,11)(H2,8,10). The van der Waals surface area contributed by atoms with Gasteiger partial charge in [0.05, 0.1) is 6.54 Å². The van der Waals surface area contributed by atoms with Crippen LogP contribution in [0.25, 0.3) is 0 Å². The molecule has 0 heterocycles. The lowest BCUT2D eigenvalue weighted by Crippen LogP contribution is -2.35. The minimum atomic E-state index is -0.429. The van der Waals surface area contributed by atoms with Gasteiger partial charge in [0.25, 0.3) is 0 Å². The van der Waals surface area contributed by atoms with Crippen LogP contribution < -0.4 is 16.8 Å². The third-order valence-corrected chi connectivity index (χ3v) is 1.37. The number of amides is 1. The molecule has 70 valence electrons. The summed E-state index contributed by atoms with van der Waals surface area (Å²) in [4.78, 5) is 10.3. The fourth-order valence-electron chi connectivity index (χ4n) is 0.615. The van der Waals surface area contributed by atoms with Crippen LogP contribution in [0.2, 0.25) is 0 Å². The van der Waals surface area contributed by atoms with Gasteiger partial charge in [0.15, 0.2) is 0 Å². The van der Waals surface area contributed by atoms with Gasteiger partial charge in [-0.25, -0.2) is 0 Å². The molecule has 1 unspecified atom stereocenters. The van der Waals surface area contributed by atoms with Gasteiger partial charge < -0.3 is 22.0 Å². The Morgan fingerprint density at radius 3 is 2.67 bits per heavy atom. The summed E-state index contributed by atoms with van der Waals surface area (Å²) in [5, 5.41) is 13.8. The van der Waals surface area contributed by atoms with Gasteiger partial charge in [-0.3, -0.25) is 4.79 Å². The van der Waals surface area contributed by atoms with Crippen LogP contribution in [0, 0.1) is 5.92 Å². The summed E-state index contributed by atoms with van der Waals surface area (Å²) in [6, 6.07) is 0. The molecule has 0 aliphatic heterocycles. The van der Waals surface area contributed by atoms with E-state index in [1.54, 1.807) is 6.92 Å². The van der Waals surface area contributed by atoms with Gasteiger partial charge in [0.2, 0.25) is 5.91 Å². The van der Waals surface area contributed by atoms with Crippen LogP contribution in [-0.2, 0) is 4.79 Å². The molecule has 0 bridgehead atoms. The lowest BCUT2D eigenvalue weighted by atomic mass is 10.1. The van der Waals surface area contributed by atoms with Crippen LogP contribution in [0.15, 0.2) is 5.16 Å². The quantitative estimate of drug-likeness (QED) is 0.175. The van der Waals surface area contributed by atoms with E-state index in [1.807, 2.05) is 0 Å². The molecule has 0 radical (unpaired) electrons. The van der Waals surface area contributed by atoms with Crippen molar-refractivity contribution in [3.63, 3.8) is 0 Å². The lowest BCUT2D eigenvalue weighted by molar-refractivity contribution is -0.117. The molecule has 0 aliphatic rings. The van der Waals surface area contributed by atoms with E-state index in [0.717, 1.165) is 0 Å². The average molecular weight is 174 g/mol. The van der Waals surface area contributed by atoms with E-state index < -0.39 is 5.91 Å². The van der Waals surface area contributed by atoms with Crippen LogP contribution >= 0.6 is 0 Å². The minimum Gasteiger partial charge on any atom is -0.409 e. The number of carbonyl (C=O) groups is 1. The fourth-order valence-corrected chi connectivity index (χ4v) is 0.615. The van der Waals surface area contributed by atoms with Gasteiger partial charge in [-0.05, 0) is 0 Å². The first-order valence-electron chi connectivity index (χ1n) is 3.54. The molecule has 0 aromatic carbocycles. The number of rotatable bonds is 5. The van der Waals surface area contributed by atoms with Gasteiger partial charge >= 0.3 is 0 Å². The largest absolute Gasteiger partial charge is 0.409 e. The number of nitrogens with one attached hydrogen (secondary N) is 1. The lowest BCUT2D eigenvalue weighted by Gasteiger charge is -2.08. The number of amidine groups is 1. The minimum absolute atomic E-state index is 0.100. The van der Waals surface area contributed by atoms with Crippen LogP contribution in [0.4, 0.5) is 0 Å². The Kier molecular flexibility index (Phi) is 4.78. The molecule has 6 heteroatoms. The van der Waals surface area contributed by atoms with Gasteiger partial charge in [-0.15, -0.1) is 0 Å². The summed E-state index contributed by atoms with van der Waals surface area (Å²) < 4.78 is 0. The van der Waals surface area contributed by atoms with Crippen molar-refractivity contribution in [2.24, 2.45) is 22.5 Å². The molecular weight excluding hydrogens is 160 g/mol. The molecule has 6 nitrogen and oxygen atoms in total. The zero-order valence-corrected chi connectivity index (χ0v) is 6.95. The first kappa shape index (κ1) is 10.7. The predicted molar refractivity (Wildman–Crippen MR) is 44.6 cm³/mol. The highest BCUT2D eigenvalue weighted by Gasteiger charge is 2.06. The Balaban J connectivity index is 3.57.